The van der Waals surface area contributed by atoms with Gasteiger partial charge in [0.25, 0.3) is 0 Å². The minimum absolute atomic E-state index is 0.0212. The van der Waals surface area contributed by atoms with Crippen LogP contribution in [0.1, 0.15) is 35.7 Å². The monoisotopic (exact) mass is 313 g/mol. The van der Waals surface area contributed by atoms with E-state index in [4.69, 9.17) is 11.6 Å². The van der Waals surface area contributed by atoms with Crippen LogP contribution in [0, 0.1) is 0 Å². The van der Waals surface area contributed by atoms with Crippen LogP contribution in [0.2, 0.25) is 5.02 Å². The second-order valence-corrected chi connectivity index (χ2v) is 6.12. The zero-order chi connectivity index (χ0) is 15.7. The zero-order valence-electron chi connectivity index (χ0n) is 12.2. The third kappa shape index (κ3) is 2.77. The molecule has 4 heteroatoms. The summed E-state index contributed by atoms with van der Waals surface area (Å²) in [5.74, 6) is -0.0671. The van der Waals surface area contributed by atoms with Crippen molar-refractivity contribution in [2.24, 2.45) is 0 Å². The average molecular weight is 314 g/mol. The van der Waals surface area contributed by atoms with Gasteiger partial charge in [-0.3, -0.25) is 9.59 Å². The van der Waals surface area contributed by atoms with Crippen molar-refractivity contribution in [3.8, 4) is 0 Å². The lowest BCUT2D eigenvalue weighted by Gasteiger charge is -2.16. The standard InChI is InChI=1S/C18H16ClNO2/c1-12(21)13-4-2-7-16(10-13)20-17(22)18(8-9-18)14-5-3-6-15(19)11-14/h2-7,10-11H,8-9H2,1H3,(H,20,22). The largest absolute Gasteiger partial charge is 0.325 e. The van der Waals surface area contributed by atoms with Gasteiger partial charge < -0.3 is 5.32 Å². The molecule has 0 radical (unpaired) electrons. The van der Waals surface area contributed by atoms with E-state index in [9.17, 15) is 9.59 Å². The lowest BCUT2D eigenvalue weighted by atomic mass is 9.95. The Hall–Kier alpha value is -2.13. The number of halogens is 1. The SMILES string of the molecule is CC(=O)c1cccc(NC(=O)C2(c3cccc(Cl)c3)CC2)c1. The highest BCUT2D eigenvalue weighted by atomic mass is 35.5. The normalized spacial score (nSPS) is 15.2. The van der Waals surface area contributed by atoms with Crippen LogP contribution in [0.25, 0.3) is 0 Å². The molecule has 3 rings (SSSR count). The van der Waals surface area contributed by atoms with Gasteiger partial charge in [0.05, 0.1) is 5.41 Å². The molecule has 0 atom stereocenters. The third-order valence-corrected chi connectivity index (χ3v) is 4.32. The summed E-state index contributed by atoms with van der Waals surface area (Å²) in [7, 11) is 0. The molecule has 2 aromatic rings. The summed E-state index contributed by atoms with van der Waals surface area (Å²) in [6.07, 6.45) is 1.62. The Bertz CT molecular complexity index is 750. The van der Waals surface area contributed by atoms with Crippen molar-refractivity contribution in [1.82, 2.24) is 0 Å². The molecule has 1 aliphatic carbocycles. The van der Waals surface area contributed by atoms with E-state index in [-0.39, 0.29) is 11.7 Å². The van der Waals surface area contributed by atoms with Gasteiger partial charge in [0, 0.05) is 16.3 Å². The first-order valence-corrected chi connectivity index (χ1v) is 7.58. The highest BCUT2D eigenvalue weighted by molar-refractivity contribution is 6.30. The van der Waals surface area contributed by atoms with E-state index >= 15 is 0 Å². The van der Waals surface area contributed by atoms with Crippen LogP contribution in [0.3, 0.4) is 0 Å². The Kier molecular flexibility index (Phi) is 3.75. The van der Waals surface area contributed by atoms with Crippen molar-refractivity contribution in [1.29, 1.82) is 0 Å². The van der Waals surface area contributed by atoms with Crippen molar-refractivity contribution in [2.45, 2.75) is 25.2 Å². The molecule has 0 unspecified atom stereocenters. The number of benzene rings is 2. The first kappa shape index (κ1) is 14.8. The number of carbonyl (C=O) groups is 2. The van der Waals surface area contributed by atoms with Gasteiger partial charge in [-0.25, -0.2) is 0 Å². The van der Waals surface area contributed by atoms with Gasteiger partial charge in [0.2, 0.25) is 5.91 Å². The minimum atomic E-state index is -0.489. The van der Waals surface area contributed by atoms with Crippen LogP contribution in [-0.2, 0) is 10.2 Å². The van der Waals surface area contributed by atoms with Gasteiger partial charge in [-0.15, -0.1) is 0 Å². The van der Waals surface area contributed by atoms with Crippen LogP contribution in [0.15, 0.2) is 48.5 Å². The summed E-state index contributed by atoms with van der Waals surface area (Å²) in [6, 6.07) is 14.4. The van der Waals surface area contributed by atoms with Crippen LogP contribution < -0.4 is 5.32 Å². The fourth-order valence-electron chi connectivity index (χ4n) is 2.62. The molecule has 2 aromatic carbocycles. The molecule has 0 heterocycles. The van der Waals surface area contributed by atoms with E-state index < -0.39 is 5.41 Å². The topological polar surface area (TPSA) is 46.2 Å². The molecule has 0 saturated heterocycles. The van der Waals surface area contributed by atoms with Crippen LogP contribution in [-0.4, -0.2) is 11.7 Å². The lowest BCUT2D eigenvalue weighted by Crippen LogP contribution is -2.27. The highest BCUT2D eigenvalue weighted by Gasteiger charge is 2.51. The van der Waals surface area contributed by atoms with Crippen molar-refractivity contribution in [2.75, 3.05) is 5.32 Å². The maximum Gasteiger partial charge on any atom is 0.235 e. The number of hydrogen-bond donors (Lipinski definition) is 1. The number of ketones is 1. The van der Waals surface area contributed by atoms with Crippen LogP contribution in [0.4, 0.5) is 5.69 Å². The fraction of sp³-hybridized carbons (Fsp3) is 0.222. The summed E-state index contributed by atoms with van der Waals surface area (Å²) in [4.78, 5) is 24.1. The Labute approximate surface area is 134 Å². The first-order valence-electron chi connectivity index (χ1n) is 7.20. The van der Waals surface area contributed by atoms with Gasteiger partial charge in [0.1, 0.15) is 0 Å². The van der Waals surface area contributed by atoms with Crippen LogP contribution >= 0.6 is 11.6 Å². The van der Waals surface area contributed by atoms with Crippen molar-refractivity contribution in [3.63, 3.8) is 0 Å². The van der Waals surface area contributed by atoms with E-state index in [2.05, 4.69) is 5.32 Å². The molecule has 1 fully saturated rings. The lowest BCUT2D eigenvalue weighted by molar-refractivity contribution is -0.118. The molecule has 112 valence electrons. The Balaban J connectivity index is 1.83. The molecular weight excluding hydrogens is 298 g/mol. The molecule has 1 saturated carbocycles. The number of anilines is 1. The van der Waals surface area contributed by atoms with Gasteiger partial charge in [-0.05, 0) is 49.6 Å². The number of rotatable bonds is 4. The summed E-state index contributed by atoms with van der Waals surface area (Å²) < 4.78 is 0. The summed E-state index contributed by atoms with van der Waals surface area (Å²) in [5, 5.41) is 3.56. The van der Waals surface area contributed by atoms with Crippen molar-refractivity contribution in [3.05, 3.63) is 64.7 Å². The molecular formula is C18H16ClNO2. The Morgan fingerprint density at radius 2 is 1.82 bits per heavy atom. The van der Waals surface area contributed by atoms with Crippen molar-refractivity contribution < 1.29 is 9.59 Å². The number of hydrogen-bond acceptors (Lipinski definition) is 2. The van der Waals surface area contributed by atoms with Crippen LogP contribution in [0.5, 0.6) is 0 Å². The summed E-state index contributed by atoms with van der Waals surface area (Å²) in [6.45, 7) is 1.51. The molecule has 1 amide bonds. The van der Waals surface area contributed by atoms with Gasteiger partial charge in [-0.2, -0.15) is 0 Å². The molecule has 1 N–H and O–H groups in total. The predicted octanol–water partition coefficient (Wildman–Crippen LogP) is 4.21. The van der Waals surface area contributed by atoms with E-state index in [1.807, 2.05) is 18.2 Å². The van der Waals surface area contributed by atoms with Crippen molar-refractivity contribution >= 4 is 29.0 Å². The average Bonchev–Trinajstić information content (AvgIpc) is 3.29. The predicted molar refractivity (Wildman–Crippen MR) is 87.4 cm³/mol. The third-order valence-electron chi connectivity index (χ3n) is 4.09. The van der Waals surface area contributed by atoms with Gasteiger partial charge >= 0.3 is 0 Å². The highest BCUT2D eigenvalue weighted by Crippen LogP contribution is 2.49. The quantitative estimate of drug-likeness (QED) is 0.859. The van der Waals surface area contributed by atoms with Gasteiger partial charge in [0.15, 0.2) is 5.78 Å². The summed E-state index contributed by atoms with van der Waals surface area (Å²) in [5.41, 5.74) is 1.69. The number of nitrogens with one attached hydrogen (secondary N) is 1. The second-order valence-electron chi connectivity index (χ2n) is 5.68. The minimum Gasteiger partial charge on any atom is -0.325 e. The molecule has 22 heavy (non-hydrogen) atoms. The van der Waals surface area contributed by atoms with E-state index in [0.717, 1.165) is 18.4 Å². The second kappa shape index (κ2) is 5.58. The van der Waals surface area contributed by atoms with E-state index in [0.29, 0.717) is 16.3 Å². The Morgan fingerprint density at radius 1 is 1.09 bits per heavy atom. The maximum atomic E-state index is 12.7. The number of amides is 1. The summed E-state index contributed by atoms with van der Waals surface area (Å²) >= 11 is 6.03. The molecule has 0 bridgehead atoms. The fourth-order valence-corrected chi connectivity index (χ4v) is 2.81. The van der Waals surface area contributed by atoms with E-state index in [1.54, 1.807) is 30.3 Å². The molecule has 1 aliphatic rings. The number of carbonyl (C=O) groups excluding carboxylic acids is 2. The molecule has 0 spiro atoms. The van der Waals surface area contributed by atoms with Gasteiger partial charge in [-0.1, -0.05) is 35.9 Å². The molecule has 0 aromatic heterocycles. The Morgan fingerprint density at radius 3 is 2.45 bits per heavy atom. The number of Topliss-reactive ketones (excluding diaryl/α,β-unsaturated/α-hetero) is 1. The zero-order valence-corrected chi connectivity index (χ0v) is 13.0. The smallest absolute Gasteiger partial charge is 0.235 e. The maximum absolute atomic E-state index is 12.7. The van der Waals surface area contributed by atoms with E-state index in [1.165, 1.54) is 6.92 Å². The molecule has 3 nitrogen and oxygen atoms in total. The first-order chi connectivity index (χ1) is 10.5. The molecule has 0 aliphatic heterocycles.